The SMILES string of the molecule is C[C@@H]1C[C@H]1Cn1c(O)c(C(=N)N)c(=O)n(C2CCC3(CC2)CC2(C3)C(=O)N(C)C(=O)N2CC2COC2)c1=O. The quantitative estimate of drug-likeness (QED) is 0.280. The van der Waals surface area contributed by atoms with E-state index in [1.165, 1.54) is 14.0 Å². The lowest BCUT2D eigenvalue weighted by Crippen LogP contribution is -2.65. The average Bonchev–Trinajstić information content (AvgIpc) is 3.49. The number of nitrogens with two attached hydrogens (primary N) is 1. The molecule has 3 saturated carbocycles. The first-order valence-corrected chi connectivity index (χ1v) is 13.6. The monoisotopic (exact) mass is 528 g/mol. The van der Waals surface area contributed by atoms with Crippen molar-refractivity contribution >= 4 is 17.8 Å². The van der Waals surface area contributed by atoms with Crippen LogP contribution in [0.15, 0.2) is 9.59 Å². The van der Waals surface area contributed by atoms with Crippen molar-refractivity contribution in [2.24, 2.45) is 28.9 Å². The molecule has 12 heteroatoms. The van der Waals surface area contributed by atoms with Gasteiger partial charge in [0.25, 0.3) is 11.5 Å². The standard InChI is InChI=1S/C26H36N6O6/c1-14-7-16(14)9-30-20(33)18(19(27)28)21(34)32(24(30)37)17-3-5-25(6-4-17)12-26(13-25)22(35)29(2)23(36)31(26)8-15-10-38-11-15/h14-17,33H,3-13H2,1-2H3,(H3,27,28)/t14-,16+,17?,25?,26?/m1/s1. The van der Waals surface area contributed by atoms with E-state index in [9.17, 15) is 24.3 Å². The van der Waals surface area contributed by atoms with Crippen molar-refractivity contribution in [1.29, 1.82) is 5.41 Å². The number of nitrogens with one attached hydrogen (secondary N) is 1. The first kappa shape index (κ1) is 25.1. The molecule has 6 rings (SSSR count). The highest BCUT2D eigenvalue weighted by molar-refractivity contribution is 6.07. The Bertz CT molecular complexity index is 1330. The van der Waals surface area contributed by atoms with Crippen LogP contribution in [0.25, 0.3) is 0 Å². The summed E-state index contributed by atoms with van der Waals surface area (Å²) in [4.78, 5) is 55.8. The van der Waals surface area contributed by atoms with Gasteiger partial charge in [-0.05, 0) is 62.2 Å². The van der Waals surface area contributed by atoms with Crippen molar-refractivity contribution in [3.63, 3.8) is 0 Å². The average molecular weight is 529 g/mol. The van der Waals surface area contributed by atoms with Crippen LogP contribution >= 0.6 is 0 Å². The Morgan fingerprint density at radius 3 is 2.29 bits per heavy atom. The Labute approximate surface area is 219 Å². The minimum atomic E-state index is -0.806. The lowest BCUT2D eigenvalue weighted by atomic mass is 9.51. The molecule has 0 radical (unpaired) electrons. The molecule has 38 heavy (non-hydrogen) atoms. The van der Waals surface area contributed by atoms with Gasteiger partial charge in [-0.3, -0.25) is 29.0 Å². The predicted octanol–water partition coefficient (Wildman–Crippen LogP) is 0.830. The van der Waals surface area contributed by atoms with Gasteiger partial charge in [0, 0.05) is 32.1 Å². The Balaban J connectivity index is 1.23. The molecule has 3 amide bonds. The molecular weight excluding hydrogens is 492 g/mol. The summed E-state index contributed by atoms with van der Waals surface area (Å²) in [6.07, 6.45) is 4.66. The first-order chi connectivity index (χ1) is 18.0. The fraction of sp³-hybridized carbons (Fsp3) is 0.731. The van der Waals surface area contributed by atoms with E-state index < -0.39 is 28.5 Å². The van der Waals surface area contributed by atoms with E-state index in [0.29, 0.717) is 64.2 Å². The molecule has 4 N–H and O–H groups in total. The molecule has 2 atom stereocenters. The van der Waals surface area contributed by atoms with Crippen molar-refractivity contribution in [2.45, 2.75) is 70.0 Å². The lowest BCUT2D eigenvalue weighted by Gasteiger charge is -2.58. The van der Waals surface area contributed by atoms with E-state index in [0.717, 1.165) is 6.42 Å². The Kier molecular flexibility index (Phi) is 5.57. The predicted molar refractivity (Wildman–Crippen MR) is 136 cm³/mol. The highest BCUT2D eigenvalue weighted by atomic mass is 16.5. The van der Waals surface area contributed by atoms with E-state index in [1.54, 1.807) is 11.9 Å². The summed E-state index contributed by atoms with van der Waals surface area (Å²) in [5.41, 5.74) is 3.12. The zero-order valence-electron chi connectivity index (χ0n) is 21.9. The molecule has 2 saturated heterocycles. The maximum absolute atomic E-state index is 13.4. The number of amidine groups is 1. The fourth-order valence-electron chi connectivity index (χ4n) is 7.41. The number of nitrogens with zero attached hydrogens (tertiary/aromatic N) is 4. The Morgan fingerprint density at radius 1 is 1.13 bits per heavy atom. The van der Waals surface area contributed by atoms with Gasteiger partial charge in [-0.1, -0.05) is 6.92 Å². The molecule has 5 aliphatic rings. The van der Waals surface area contributed by atoms with Crippen LogP contribution < -0.4 is 17.0 Å². The Hall–Kier alpha value is -3.15. The van der Waals surface area contributed by atoms with Crippen molar-refractivity contribution < 1.29 is 19.4 Å². The number of hydrogen-bond acceptors (Lipinski definition) is 7. The number of carbonyl (C=O) groups is 2. The number of amides is 3. The van der Waals surface area contributed by atoms with Crippen LogP contribution in [0.5, 0.6) is 5.88 Å². The third-order valence-electron chi connectivity index (χ3n) is 9.91. The van der Waals surface area contributed by atoms with Gasteiger partial charge < -0.3 is 20.5 Å². The molecule has 3 heterocycles. The van der Waals surface area contributed by atoms with Gasteiger partial charge in [-0.2, -0.15) is 0 Å². The van der Waals surface area contributed by atoms with Gasteiger partial charge in [0.2, 0.25) is 5.88 Å². The fourth-order valence-corrected chi connectivity index (χ4v) is 7.41. The van der Waals surface area contributed by atoms with Gasteiger partial charge in [0.1, 0.15) is 16.9 Å². The third-order valence-corrected chi connectivity index (χ3v) is 9.91. The van der Waals surface area contributed by atoms with Crippen molar-refractivity contribution in [1.82, 2.24) is 18.9 Å². The van der Waals surface area contributed by atoms with Gasteiger partial charge in [0.15, 0.2) is 0 Å². The van der Waals surface area contributed by atoms with Crippen molar-refractivity contribution in [3.8, 4) is 5.88 Å². The molecular formula is C26H36N6O6. The van der Waals surface area contributed by atoms with Crippen LogP contribution in [0.2, 0.25) is 0 Å². The molecule has 5 fully saturated rings. The van der Waals surface area contributed by atoms with Crippen molar-refractivity contribution in [3.05, 3.63) is 26.4 Å². The summed E-state index contributed by atoms with van der Waals surface area (Å²) in [6.45, 7) is 4.08. The molecule has 0 aromatic carbocycles. The molecule has 1 aromatic rings. The van der Waals surface area contributed by atoms with Crippen LogP contribution in [0.1, 0.15) is 63.5 Å². The molecule has 2 spiro atoms. The maximum atomic E-state index is 13.4. The zero-order valence-corrected chi connectivity index (χ0v) is 21.9. The van der Waals surface area contributed by atoms with Crippen LogP contribution in [-0.4, -0.2) is 74.2 Å². The highest BCUT2D eigenvalue weighted by Crippen LogP contribution is 2.62. The number of imide groups is 1. The van der Waals surface area contributed by atoms with Crippen LogP contribution in [0.3, 0.4) is 0 Å². The number of rotatable bonds is 6. The van der Waals surface area contributed by atoms with Crippen molar-refractivity contribution in [2.75, 3.05) is 26.8 Å². The summed E-state index contributed by atoms with van der Waals surface area (Å²) in [7, 11) is 1.54. The minimum absolute atomic E-state index is 0.127. The van der Waals surface area contributed by atoms with E-state index >= 15 is 0 Å². The summed E-state index contributed by atoms with van der Waals surface area (Å²) >= 11 is 0. The Morgan fingerprint density at radius 2 is 1.76 bits per heavy atom. The smallest absolute Gasteiger partial charge is 0.334 e. The molecule has 0 unspecified atom stereocenters. The number of aromatic hydroxyl groups is 1. The zero-order chi connectivity index (χ0) is 27.1. The summed E-state index contributed by atoms with van der Waals surface area (Å²) in [5, 5.41) is 18.6. The van der Waals surface area contributed by atoms with Crippen LogP contribution in [0.4, 0.5) is 4.79 Å². The first-order valence-electron chi connectivity index (χ1n) is 13.6. The highest BCUT2D eigenvalue weighted by Gasteiger charge is 2.68. The second-order valence-corrected chi connectivity index (χ2v) is 12.4. The van der Waals surface area contributed by atoms with Gasteiger partial charge >= 0.3 is 11.7 Å². The molecule has 3 aliphatic carbocycles. The second kappa shape index (κ2) is 8.42. The molecule has 206 valence electrons. The number of carbonyl (C=O) groups excluding carboxylic acids is 2. The van der Waals surface area contributed by atoms with Gasteiger partial charge in [0.05, 0.1) is 13.2 Å². The van der Waals surface area contributed by atoms with E-state index in [1.807, 2.05) is 0 Å². The number of urea groups is 1. The second-order valence-electron chi connectivity index (χ2n) is 12.4. The third kappa shape index (κ3) is 3.55. The topological polar surface area (TPSA) is 164 Å². The van der Waals surface area contributed by atoms with E-state index in [2.05, 4.69) is 6.92 Å². The number of likely N-dealkylation sites (N-methyl/N-ethyl adjacent to an activating group) is 1. The lowest BCUT2D eigenvalue weighted by molar-refractivity contribution is -0.152. The van der Waals surface area contributed by atoms with Crippen LogP contribution in [-0.2, 0) is 16.1 Å². The largest absolute Gasteiger partial charge is 0.494 e. The van der Waals surface area contributed by atoms with Gasteiger partial charge in [-0.25, -0.2) is 9.59 Å². The van der Waals surface area contributed by atoms with E-state index in [-0.39, 0.29) is 47.3 Å². The number of ether oxygens (including phenoxy) is 1. The summed E-state index contributed by atoms with van der Waals surface area (Å²) in [5.74, 6) is -0.305. The maximum Gasteiger partial charge on any atom is 0.334 e. The number of nitrogen functional groups attached to an aromatic ring is 1. The summed E-state index contributed by atoms with van der Waals surface area (Å²) in [6, 6.07) is -0.631. The number of hydrogen-bond donors (Lipinski definition) is 3. The van der Waals surface area contributed by atoms with Crippen LogP contribution in [0, 0.1) is 28.6 Å². The van der Waals surface area contributed by atoms with E-state index in [4.69, 9.17) is 15.9 Å². The normalized spacial score (nSPS) is 34.6. The van der Waals surface area contributed by atoms with Gasteiger partial charge in [-0.15, -0.1) is 0 Å². The minimum Gasteiger partial charge on any atom is -0.494 e. The molecule has 1 aromatic heterocycles. The number of aromatic nitrogens is 2. The molecule has 12 nitrogen and oxygen atoms in total. The summed E-state index contributed by atoms with van der Waals surface area (Å²) < 4.78 is 7.67. The molecule has 0 bridgehead atoms. The molecule has 2 aliphatic heterocycles.